The molecule has 0 aliphatic heterocycles. The molecular weight excluding hydrogens is 258 g/mol. The van der Waals surface area contributed by atoms with Gasteiger partial charge >= 0.3 is 0 Å². The molecule has 1 aliphatic rings. The van der Waals surface area contributed by atoms with Gasteiger partial charge in [-0.25, -0.2) is 0 Å². The molecule has 0 spiro atoms. The van der Waals surface area contributed by atoms with Crippen molar-refractivity contribution in [2.75, 3.05) is 6.61 Å². The van der Waals surface area contributed by atoms with Gasteiger partial charge in [0.05, 0.1) is 6.61 Å². The summed E-state index contributed by atoms with van der Waals surface area (Å²) in [6.45, 7) is 5.16. The van der Waals surface area contributed by atoms with E-state index >= 15 is 0 Å². The van der Waals surface area contributed by atoms with Crippen LogP contribution in [0.1, 0.15) is 44.2 Å². The van der Waals surface area contributed by atoms with Crippen LogP contribution in [-0.2, 0) is 12.8 Å². The maximum absolute atomic E-state index is 5.94. The van der Waals surface area contributed by atoms with E-state index in [1.54, 1.807) is 0 Å². The largest absolute Gasteiger partial charge is 0.493 e. The predicted molar refractivity (Wildman–Crippen MR) is 83.3 cm³/mol. The summed E-state index contributed by atoms with van der Waals surface area (Å²) in [6, 6.07) is 6.78. The van der Waals surface area contributed by atoms with Gasteiger partial charge in [-0.15, -0.1) is 12.4 Å². The Kier molecular flexibility index (Phi) is 6.67. The summed E-state index contributed by atoms with van der Waals surface area (Å²) in [6.07, 6.45) is 5.87. The van der Waals surface area contributed by atoms with E-state index in [2.05, 4.69) is 32.0 Å². The molecule has 1 unspecified atom stereocenters. The highest BCUT2D eigenvalue weighted by Crippen LogP contribution is 2.31. The van der Waals surface area contributed by atoms with E-state index in [1.165, 1.54) is 24.0 Å². The number of hydrogen-bond donors (Lipinski definition) is 1. The van der Waals surface area contributed by atoms with Crippen molar-refractivity contribution in [3.8, 4) is 5.75 Å². The minimum absolute atomic E-state index is 0. The van der Waals surface area contributed by atoms with Crippen molar-refractivity contribution in [2.45, 2.75) is 52.0 Å². The first-order valence-corrected chi connectivity index (χ1v) is 7.19. The van der Waals surface area contributed by atoms with Gasteiger partial charge in [-0.1, -0.05) is 25.5 Å². The third-order valence-corrected chi connectivity index (χ3v) is 3.37. The molecule has 0 amide bonds. The fourth-order valence-electron chi connectivity index (χ4n) is 2.23. The molecule has 1 aromatic carbocycles. The maximum Gasteiger partial charge on any atom is 0.122 e. The van der Waals surface area contributed by atoms with Gasteiger partial charge < -0.3 is 10.5 Å². The van der Waals surface area contributed by atoms with Crippen molar-refractivity contribution >= 4 is 12.4 Å². The molecule has 2 N–H and O–H groups in total. The monoisotopic (exact) mass is 283 g/mol. The van der Waals surface area contributed by atoms with E-state index in [-0.39, 0.29) is 18.4 Å². The Morgan fingerprint density at radius 1 is 1.37 bits per heavy atom. The average Bonchev–Trinajstić information content (AvgIpc) is 3.11. The molecule has 1 atom stereocenters. The van der Waals surface area contributed by atoms with Gasteiger partial charge in [0.1, 0.15) is 5.75 Å². The molecule has 3 heteroatoms. The zero-order valence-corrected chi connectivity index (χ0v) is 12.8. The Morgan fingerprint density at radius 2 is 2.11 bits per heavy atom. The lowest BCUT2D eigenvalue weighted by Gasteiger charge is -2.13. The van der Waals surface area contributed by atoms with Crippen LogP contribution in [0.3, 0.4) is 0 Å². The molecule has 2 nitrogen and oxygen atoms in total. The highest BCUT2D eigenvalue weighted by Gasteiger charge is 2.22. The summed E-state index contributed by atoms with van der Waals surface area (Å²) < 4.78 is 5.94. The van der Waals surface area contributed by atoms with Crippen LogP contribution in [0, 0.1) is 5.92 Å². The molecule has 0 radical (unpaired) electrons. The fraction of sp³-hybridized carbons (Fsp3) is 0.625. The van der Waals surface area contributed by atoms with Gasteiger partial charge in [-0.2, -0.15) is 0 Å². The molecular formula is C16H26ClNO. The first kappa shape index (κ1) is 16.3. The van der Waals surface area contributed by atoms with Crippen LogP contribution >= 0.6 is 12.4 Å². The van der Waals surface area contributed by atoms with Crippen LogP contribution in [0.4, 0.5) is 0 Å². The summed E-state index contributed by atoms with van der Waals surface area (Å²) >= 11 is 0. The molecule has 2 rings (SSSR count). The second-order valence-corrected chi connectivity index (χ2v) is 5.63. The molecule has 1 saturated carbocycles. The topological polar surface area (TPSA) is 35.2 Å². The van der Waals surface area contributed by atoms with E-state index in [9.17, 15) is 0 Å². The van der Waals surface area contributed by atoms with Crippen molar-refractivity contribution in [1.82, 2.24) is 0 Å². The average molecular weight is 284 g/mol. The zero-order valence-electron chi connectivity index (χ0n) is 12.0. The Labute approximate surface area is 123 Å². The van der Waals surface area contributed by atoms with E-state index in [1.807, 2.05) is 0 Å². The van der Waals surface area contributed by atoms with Crippen molar-refractivity contribution in [2.24, 2.45) is 11.7 Å². The summed E-state index contributed by atoms with van der Waals surface area (Å²) in [7, 11) is 0. The SMILES string of the molecule is CCCc1cc(CC(C)N)ccc1OCC1CC1.Cl. The third kappa shape index (κ3) is 5.42. The number of nitrogens with two attached hydrogens (primary N) is 1. The fourth-order valence-corrected chi connectivity index (χ4v) is 2.23. The van der Waals surface area contributed by atoms with Crippen LogP contribution in [0.25, 0.3) is 0 Å². The lowest BCUT2D eigenvalue weighted by atomic mass is 10.0. The molecule has 1 fully saturated rings. The summed E-state index contributed by atoms with van der Waals surface area (Å²) in [5.74, 6) is 1.89. The number of rotatable bonds is 7. The van der Waals surface area contributed by atoms with E-state index in [4.69, 9.17) is 10.5 Å². The molecule has 19 heavy (non-hydrogen) atoms. The Balaban J connectivity index is 0.00000180. The molecule has 0 heterocycles. The van der Waals surface area contributed by atoms with E-state index in [0.29, 0.717) is 0 Å². The molecule has 1 aliphatic carbocycles. The Morgan fingerprint density at radius 3 is 2.68 bits per heavy atom. The van der Waals surface area contributed by atoms with Crippen LogP contribution in [0.2, 0.25) is 0 Å². The van der Waals surface area contributed by atoms with Crippen molar-refractivity contribution in [3.05, 3.63) is 29.3 Å². The van der Waals surface area contributed by atoms with Crippen molar-refractivity contribution in [1.29, 1.82) is 0 Å². The van der Waals surface area contributed by atoms with Gasteiger partial charge in [0.2, 0.25) is 0 Å². The molecule has 0 aromatic heterocycles. The smallest absolute Gasteiger partial charge is 0.122 e. The van der Waals surface area contributed by atoms with Gasteiger partial charge in [0.25, 0.3) is 0 Å². The normalized spacial score (nSPS) is 15.7. The van der Waals surface area contributed by atoms with E-state index in [0.717, 1.165) is 37.5 Å². The zero-order chi connectivity index (χ0) is 13.0. The van der Waals surface area contributed by atoms with Crippen LogP contribution in [-0.4, -0.2) is 12.6 Å². The van der Waals surface area contributed by atoms with Crippen LogP contribution in [0.5, 0.6) is 5.75 Å². The second kappa shape index (κ2) is 7.76. The van der Waals surface area contributed by atoms with Gasteiger partial charge in [0.15, 0.2) is 0 Å². The number of aryl methyl sites for hydroxylation is 1. The maximum atomic E-state index is 5.94. The minimum Gasteiger partial charge on any atom is -0.493 e. The third-order valence-electron chi connectivity index (χ3n) is 3.37. The van der Waals surface area contributed by atoms with Gasteiger partial charge in [-0.3, -0.25) is 0 Å². The Hall–Kier alpha value is -0.730. The van der Waals surface area contributed by atoms with Crippen molar-refractivity contribution < 1.29 is 4.74 Å². The number of ether oxygens (including phenoxy) is 1. The molecule has 1 aromatic rings. The minimum atomic E-state index is 0. The van der Waals surface area contributed by atoms with E-state index < -0.39 is 0 Å². The number of halogens is 1. The highest BCUT2D eigenvalue weighted by atomic mass is 35.5. The molecule has 108 valence electrons. The molecule has 0 saturated heterocycles. The lowest BCUT2D eigenvalue weighted by molar-refractivity contribution is 0.296. The second-order valence-electron chi connectivity index (χ2n) is 5.63. The van der Waals surface area contributed by atoms with Crippen LogP contribution in [0.15, 0.2) is 18.2 Å². The van der Waals surface area contributed by atoms with Crippen LogP contribution < -0.4 is 10.5 Å². The number of hydrogen-bond acceptors (Lipinski definition) is 2. The summed E-state index contributed by atoms with van der Waals surface area (Å²) in [5.41, 5.74) is 8.53. The Bertz CT molecular complexity index is 388. The first-order chi connectivity index (χ1) is 8.69. The van der Waals surface area contributed by atoms with Gasteiger partial charge in [-0.05, 0) is 55.7 Å². The standard InChI is InChI=1S/C16H25NO.ClH/c1-3-4-15-10-14(9-12(2)17)7-8-16(15)18-11-13-5-6-13;/h7-8,10,12-13H,3-6,9,11,17H2,1-2H3;1H. The first-order valence-electron chi connectivity index (χ1n) is 7.19. The predicted octanol–water partition coefficient (Wildman–Crippen LogP) is 3.74. The summed E-state index contributed by atoms with van der Waals surface area (Å²) in [4.78, 5) is 0. The number of benzene rings is 1. The lowest BCUT2D eigenvalue weighted by Crippen LogP contribution is -2.17. The van der Waals surface area contributed by atoms with Crippen molar-refractivity contribution in [3.63, 3.8) is 0 Å². The molecule has 0 bridgehead atoms. The highest BCUT2D eigenvalue weighted by molar-refractivity contribution is 5.85. The quantitative estimate of drug-likeness (QED) is 0.827. The van der Waals surface area contributed by atoms with Gasteiger partial charge in [0, 0.05) is 6.04 Å². The summed E-state index contributed by atoms with van der Waals surface area (Å²) in [5, 5.41) is 0.